The van der Waals surface area contributed by atoms with Crippen molar-refractivity contribution >= 4 is 17.1 Å². The van der Waals surface area contributed by atoms with Crippen LogP contribution in [0.15, 0.2) is 27.4 Å². The highest BCUT2D eigenvalue weighted by molar-refractivity contribution is 5.79. The number of carbonyl (C=O) groups is 1. The highest BCUT2D eigenvalue weighted by atomic mass is 16.4. The van der Waals surface area contributed by atoms with Crippen LogP contribution in [0.3, 0.4) is 0 Å². The fourth-order valence-electron chi connectivity index (χ4n) is 1.78. The second kappa shape index (κ2) is 4.42. The molecule has 2 rings (SSSR count). The molecule has 6 nitrogen and oxygen atoms in total. The highest BCUT2D eigenvalue weighted by Crippen LogP contribution is 2.22. The third kappa shape index (κ3) is 2.21. The molecule has 0 amide bonds. The summed E-state index contributed by atoms with van der Waals surface area (Å²) in [6.45, 7) is 0.284. The molecule has 6 heteroatoms. The smallest absolute Gasteiger partial charge is 0.417 e. The Morgan fingerprint density at radius 1 is 1.53 bits per heavy atom. The molecule has 1 unspecified atom stereocenters. The van der Waals surface area contributed by atoms with E-state index >= 15 is 0 Å². The number of aliphatic carboxylic acids is 1. The fourth-order valence-corrected chi connectivity index (χ4v) is 1.78. The van der Waals surface area contributed by atoms with E-state index in [1.54, 1.807) is 18.2 Å². The zero-order chi connectivity index (χ0) is 12.4. The van der Waals surface area contributed by atoms with Crippen molar-refractivity contribution in [2.45, 2.75) is 12.3 Å². The number of H-pyrrole nitrogens is 1. The predicted molar refractivity (Wildman–Crippen MR) is 60.9 cm³/mol. The van der Waals surface area contributed by atoms with Crippen LogP contribution in [-0.4, -0.2) is 22.6 Å². The van der Waals surface area contributed by atoms with Gasteiger partial charge in [0, 0.05) is 0 Å². The molecule has 90 valence electrons. The Morgan fingerprint density at radius 3 is 2.94 bits per heavy atom. The van der Waals surface area contributed by atoms with E-state index in [2.05, 4.69) is 4.98 Å². The van der Waals surface area contributed by atoms with E-state index in [4.69, 9.17) is 15.3 Å². The van der Waals surface area contributed by atoms with Crippen LogP contribution in [-0.2, 0) is 4.79 Å². The molecule has 1 heterocycles. The first-order valence-corrected chi connectivity index (χ1v) is 5.17. The Morgan fingerprint density at radius 2 is 2.29 bits per heavy atom. The maximum atomic E-state index is 11.1. The summed E-state index contributed by atoms with van der Waals surface area (Å²) < 4.78 is 4.88. The van der Waals surface area contributed by atoms with Crippen molar-refractivity contribution in [2.24, 2.45) is 5.73 Å². The number of aromatic nitrogens is 1. The zero-order valence-corrected chi connectivity index (χ0v) is 8.97. The standard InChI is InChI=1S/C11H12N2O4/c12-4-3-7(10(14)15)6-1-2-8-9(5-6)17-11(16)13-8/h1-2,5,7H,3-4,12H2,(H,13,16)(H,14,15). The largest absolute Gasteiger partial charge is 0.481 e. The van der Waals surface area contributed by atoms with Crippen molar-refractivity contribution in [3.05, 3.63) is 34.3 Å². The van der Waals surface area contributed by atoms with E-state index < -0.39 is 17.6 Å². The Hall–Kier alpha value is -2.08. The predicted octanol–water partition coefficient (Wildman–Crippen LogP) is 0.638. The topological polar surface area (TPSA) is 109 Å². The van der Waals surface area contributed by atoms with Crippen LogP contribution in [0.5, 0.6) is 0 Å². The van der Waals surface area contributed by atoms with Gasteiger partial charge in [-0.15, -0.1) is 0 Å². The molecular formula is C11H12N2O4. The average molecular weight is 236 g/mol. The van der Waals surface area contributed by atoms with Gasteiger partial charge in [0.25, 0.3) is 0 Å². The number of benzene rings is 1. The molecule has 0 fully saturated rings. The van der Waals surface area contributed by atoms with Crippen LogP contribution in [0, 0.1) is 0 Å². The van der Waals surface area contributed by atoms with Gasteiger partial charge >= 0.3 is 11.7 Å². The first-order chi connectivity index (χ1) is 8.11. The molecule has 0 aliphatic carbocycles. The maximum Gasteiger partial charge on any atom is 0.417 e. The van der Waals surface area contributed by atoms with Crippen molar-refractivity contribution in [1.82, 2.24) is 4.98 Å². The SMILES string of the molecule is NCCC(C(=O)O)c1ccc2[nH]c(=O)oc2c1. The minimum atomic E-state index is -0.937. The summed E-state index contributed by atoms with van der Waals surface area (Å²) in [6, 6.07) is 4.84. The Kier molecular flexibility index (Phi) is 2.97. The van der Waals surface area contributed by atoms with Crippen LogP contribution in [0.4, 0.5) is 0 Å². The van der Waals surface area contributed by atoms with Gasteiger partial charge in [-0.1, -0.05) is 6.07 Å². The molecule has 0 saturated heterocycles. The molecule has 0 bridgehead atoms. The Balaban J connectivity index is 2.46. The number of oxazole rings is 1. The number of fused-ring (bicyclic) bond motifs is 1. The summed E-state index contributed by atoms with van der Waals surface area (Å²) in [5, 5.41) is 9.08. The molecular weight excluding hydrogens is 224 g/mol. The van der Waals surface area contributed by atoms with Gasteiger partial charge < -0.3 is 15.3 Å². The minimum Gasteiger partial charge on any atom is -0.481 e. The van der Waals surface area contributed by atoms with Gasteiger partial charge in [0.05, 0.1) is 11.4 Å². The summed E-state index contributed by atoms with van der Waals surface area (Å²) >= 11 is 0. The van der Waals surface area contributed by atoms with Crippen molar-refractivity contribution < 1.29 is 14.3 Å². The van der Waals surface area contributed by atoms with Crippen LogP contribution < -0.4 is 11.5 Å². The number of rotatable bonds is 4. The third-order valence-electron chi connectivity index (χ3n) is 2.60. The molecule has 0 radical (unpaired) electrons. The molecule has 17 heavy (non-hydrogen) atoms. The van der Waals surface area contributed by atoms with Gasteiger partial charge in [0.15, 0.2) is 5.58 Å². The van der Waals surface area contributed by atoms with Crippen LogP contribution in [0.2, 0.25) is 0 Å². The van der Waals surface area contributed by atoms with Crippen LogP contribution in [0.1, 0.15) is 17.9 Å². The summed E-state index contributed by atoms with van der Waals surface area (Å²) in [4.78, 5) is 24.5. The van der Waals surface area contributed by atoms with Gasteiger partial charge in [-0.2, -0.15) is 0 Å². The van der Waals surface area contributed by atoms with E-state index in [1.165, 1.54) is 0 Å². The van der Waals surface area contributed by atoms with Gasteiger partial charge in [0.1, 0.15) is 0 Å². The quantitative estimate of drug-likeness (QED) is 0.721. The minimum absolute atomic E-state index is 0.284. The van der Waals surface area contributed by atoms with Gasteiger partial charge in [-0.3, -0.25) is 9.78 Å². The number of hydrogen-bond acceptors (Lipinski definition) is 4. The van der Waals surface area contributed by atoms with Gasteiger partial charge in [0.2, 0.25) is 0 Å². The lowest BCUT2D eigenvalue weighted by molar-refractivity contribution is -0.138. The summed E-state index contributed by atoms with van der Waals surface area (Å²) in [6.07, 6.45) is 0.343. The second-order valence-electron chi connectivity index (χ2n) is 3.74. The number of carboxylic acid groups (broad SMARTS) is 1. The van der Waals surface area contributed by atoms with Crippen molar-refractivity contribution in [3.8, 4) is 0 Å². The fraction of sp³-hybridized carbons (Fsp3) is 0.273. The number of nitrogens with one attached hydrogen (secondary N) is 1. The van der Waals surface area contributed by atoms with Crippen molar-refractivity contribution in [2.75, 3.05) is 6.54 Å². The molecule has 0 aliphatic heterocycles. The van der Waals surface area contributed by atoms with Crippen LogP contribution in [0.25, 0.3) is 11.1 Å². The number of nitrogens with two attached hydrogens (primary N) is 1. The van der Waals surface area contributed by atoms with E-state index in [9.17, 15) is 9.59 Å². The lowest BCUT2D eigenvalue weighted by Gasteiger charge is -2.10. The molecule has 2 aromatic rings. The molecule has 1 atom stereocenters. The van der Waals surface area contributed by atoms with Crippen LogP contribution >= 0.6 is 0 Å². The average Bonchev–Trinajstić information content (AvgIpc) is 2.64. The van der Waals surface area contributed by atoms with E-state index in [-0.39, 0.29) is 6.54 Å². The number of aromatic amines is 1. The van der Waals surface area contributed by atoms with Crippen molar-refractivity contribution in [3.63, 3.8) is 0 Å². The first-order valence-electron chi connectivity index (χ1n) is 5.17. The molecule has 1 aromatic heterocycles. The van der Waals surface area contributed by atoms with Crippen molar-refractivity contribution in [1.29, 1.82) is 0 Å². The van der Waals surface area contributed by atoms with E-state index in [0.717, 1.165) is 0 Å². The molecule has 0 aliphatic rings. The first kappa shape index (κ1) is 11.4. The van der Waals surface area contributed by atoms with Gasteiger partial charge in [-0.05, 0) is 30.7 Å². The van der Waals surface area contributed by atoms with Gasteiger partial charge in [-0.25, -0.2) is 4.79 Å². The summed E-state index contributed by atoms with van der Waals surface area (Å²) in [5.41, 5.74) is 6.87. The number of carboxylic acids is 1. The third-order valence-corrected chi connectivity index (χ3v) is 2.60. The van der Waals surface area contributed by atoms with E-state index in [0.29, 0.717) is 23.1 Å². The second-order valence-corrected chi connectivity index (χ2v) is 3.74. The molecule has 0 spiro atoms. The number of hydrogen-bond donors (Lipinski definition) is 3. The maximum absolute atomic E-state index is 11.1. The normalized spacial score (nSPS) is 12.8. The molecule has 4 N–H and O–H groups in total. The summed E-state index contributed by atoms with van der Waals surface area (Å²) in [7, 11) is 0. The molecule has 1 aromatic carbocycles. The zero-order valence-electron chi connectivity index (χ0n) is 8.97. The Bertz CT molecular complexity index is 599. The molecule has 0 saturated carbocycles. The lowest BCUT2D eigenvalue weighted by Crippen LogP contribution is -2.15. The Labute approximate surface area is 96.0 Å². The monoisotopic (exact) mass is 236 g/mol. The summed E-state index contributed by atoms with van der Waals surface area (Å²) in [5.74, 6) is -2.17. The highest BCUT2D eigenvalue weighted by Gasteiger charge is 2.19. The van der Waals surface area contributed by atoms with E-state index in [1.807, 2.05) is 0 Å². The lowest BCUT2D eigenvalue weighted by atomic mass is 9.96.